The summed E-state index contributed by atoms with van der Waals surface area (Å²) < 4.78 is 0. The highest BCUT2D eigenvalue weighted by molar-refractivity contribution is 7.12. The van der Waals surface area contributed by atoms with Crippen LogP contribution in [0.15, 0.2) is 59.6 Å². The largest absolute Gasteiger partial charge is 0.351 e. The molecular weight excluding hydrogens is 456 g/mol. The highest BCUT2D eigenvalue weighted by Crippen LogP contribution is 2.26. The van der Waals surface area contributed by atoms with Gasteiger partial charge in [-0.25, -0.2) is 0 Å². The number of rotatable bonds is 9. The van der Waals surface area contributed by atoms with Crippen molar-refractivity contribution in [1.29, 1.82) is 0 Å². The monoisotopic (exact) mass is 482 g/mol. The van der Waals surface area contributed by atoms with Crippen molar-refractivity contribution in [3.63, 3.8) is 0 Å². The van der Waals surface area contributed by atoms with Crippen LogP contribution in [0, 0.1) is 0 Å². The number of carbonyl (C=O) groups excluding carboxylic acids is 3. The predicted octanol–water partition coefficient (Wildman–Crippen LogP) is 3.76. The number of aromatic nitrogens is 1. The van der Waals surface area contributed by atoms with E-state index in [1.54, 1.807) is 41.6 Å². The summed E-state index contributed by atoms with van der Waals surface area (Å²) in [5.41, 5.74) is 0.690. The lowest BCUT2D eigenvalue weighted by molar-refractivity contribution is -0.141. The molecule has 0 bridgehead atoms. The van der Waals surface area contributed by atoms with Crippen molar-refractivity contribution in [2.75, 3.05) is 6.54 Å². The average molecular weight is 483 g/mol. The van der Waals surface area contributed by atoms with Gasteiger partial charge in [0.1, 0.15) is 6.04 Å². The lowest BCUT2D eigenvalue weighted by atomic mass is 10.0. The zero-order valence-corrected chi connectivity index (χ0v) is 19.7. The SMILES string of the molecule is O=C(NCC(=O)N(Cc1cccs1)[C@@H](C(=O)NC1CCCC1)c1ccncc1)c1cccs1. The van der Waals surface area contributed by atoms with Gasteiger partial charge in [-0.1, -0.05) is 25.0 Å². The third kappa shape index (κ3) is 6.06. The molecule has 1 atom stereocenters. The van der Waals surface area contributed by atoms with Crippen LogP contribution in [0.4, 0.5) is 0 Å². The Kier molecular flexibility index (Phi) is 7.85. The highest BCUT2D eigenvalue weighted by atomic mass is 32.1. The molecule has 0 aromatic carbocycles. The van der Waals surface area contributed by atoms with Crippen LogP contribution in [0.25, 0.3) is 0 Å². The second kappa shape index (κ2) is 11.2. The van der Waals surface area contributed by atoms with Crippen LogP contribution < -0.4 is 10.6 Å². The molecule has 1 aliphatic rings. The molecular formula is C24H26N4O3S2. The standard InChI is InChI=1S/C24H26N4O3S2/c29-21(15-26-23(30)20-8-4-14-33-20)28(16-19-7-3-13-32-19)22(17-9-11-25-12-10-17)24(31)27-18-5-1-2-6-18/h3-4,7-14,18,22H,1-2,5-6,15-16H2,(H,26,30)(H,27,31)/t22-/m1/s1. The molecule has 0 saturated heterocycles. The maximum atomic E-state index is 13.5. The van der Waals surface area contributed by atoms with E-state index in [1.165, 1.54) is 22.7 Å². The maximum Gasteiger partial charge on any atom is 0.261 e. The van der Waals surface area contributed by atoms with Crippen LogP contribution in [0.1, 0.15) is 51.8 Å². The second-order valence-electron chi connectivity index (χ2n) is 7.93. The van der Waals surface area contributed by atoms with E-state index in [2.05, 4.69) is 15.6 Å². The second-order valence-corrected chi connectivity index (χ2v) is 9.91. The van der Waals surface area contributed by atoms with E-state index in [0.29, 0.717) is 10.4 Å². The molecule has 3 aromatic heterocycles. The van der Waals surface area contributed by atoms with Gasteiger partial charge in [0.25, 0.3) is 5.91 Å². The number of thiophene rings is 2. The van der Waals surface area contributed by atoms with Crippen LogP contribution in [0.2, 0.25) is 0 Å². The molecule has 9 heteroatoms. The smallest absolute Gasteiger partial charge is 0.261 e. The summed E-state index contributed by atoms with van der Waals surface area (Å²) in [6, 6.07) is 10.2. The third-order valence-electron chi connectivity index (χ3n) is 5.66. The quantitative estimate of drug-likeness (QED) is 0.486. The first-order chi connectivity index (χ1) is 16.1. The molecule has 0 aliphatic heterocycles. The Bertz CT molecular complexity index is 1050. The number of nitrogens with one attached hydrogen (secondary N) is 2. The van der Waals surface area contributed by atoms with Gasteiger partial charge >= 0.3 is 0 Å². The number of hydrogen-bond acceptors (Lipinski definition) is 6. The fourth-order valence-corrected chi connectivity index (χ4v) is 5.36. The first-order valence-electron chi connectivity index (χ1n) is 11.0. The lowest BCUT2D eigenvalue weighted by Gasteiger charge is -2.32. The summed E-state index contributed by atoms with van der Waals surface area (Å²) >= 11 is 2.84. The lowest BCUT2D eigenvalue weighted by Crippen LogP contribution is -2.48. The van der Waals surface area contributed by atoms with Gasteiger partial charge in [0, 0.05) is 23.3 Å². The van der Waals surface area contributed by atoms with Gasteiger partial charge < -0.3 is 15.5 Å². The predicted molar refractivity (Wildman–Crippen MR) is 129 cm³/mol. The summed E-state index contributed by atoms with van der Waals surface area (Å²) in [5, 5.41) is 9.60. The highest BCUT2D eigenvalue weighted by Gasteiger charge is 2.33. The van der Waals surface area contributed by atoms with Crippen molar-refractivity contribution in [2.24, 2.45) is 0 Å². The Morgan fingerprint density at radius 2 is 1.76 bits per heavy atom. The molecule has 0 unspecified atom stereocenters. The van der Waals surface area contributed by atoms with Crippen molar-refractivity contribution >= 4 is 40.4 Å². The Morgan fingerprint density at radius 3 is 2.42 bits per heavy atom. The summed E-state index contributed by atoms with van der Waals surface area (Å²) in [5.74, 6) is -0.829. The zero-order chi connectivity index (χ0) is 23.0. The first kappa shape index (κ1) is 23.1. The van der Waals surface area contributed by atoms with Crippen molar-refractivity contribution in [2.45, 2.75) is 44.3 Å². The van der Waals surface area contributed by atoms with E-state index < -0.39 is 6.04 Å². The molecule has 1 saturated carbocycles. The van der Waals surface area contributed by atoms with Crippen LogP contribution in [0.3, 0.4) is 0 Å². The Hall–Kier alpha value is -3.04. The van der Waals surface area contributed by atoms with Crippen LogP contribution in [-0.2, 0) is 16.1 Å². The Balaban J connectivity index is 1.58. The van der Waals surface area contributed by atoms with E-state index in [9.17, 15) is 14.4 Å². The normalized spacial score (nSPS) is 14.5. The van der Waals surface area contributed by atoms with Crippen molar-refractivity contribution in [1.82, 2.24) is 20.5 Å². The zero-order valence-electron chi connectivity index (χ0n) is 18.1. The first-order valence-corrected chi connectivity index (χ1v) is 12.7. The molecule has 3 aromatic rings. The fraction of sp³-hybridized carbons (Fsp3) is 0.333. The van der Waals surface area contributed by atoms with Crippen LogP contribution in [0.5, 0.6) is 0 Å². The topological polar surface area (TPSA) is 91.4 Å². The molecule has 0 radical (unpaired) electrons. The van der Waals surface area contributed by atoms with E-state index in [0.717, 1.165) is 30.6 Å². The number of carbonyl (C=O) groups is 3. The summed E-state index contributed by atoms with van der Waals surface area (Å²) in [7, 11) is 0. The van der Waals surface area contributed by atoms with Crippen molar-refractivity contribution in [3.05, 3.63) is 74.9 Å². The van der Waals surface area contributed by atoms with Gasteiger partial charge in [-0.3, -0.25) is 19.4 Å². The minimum Gasteiger partial charge on any atom is -0.351 e. The van der Waals surface area contributed by atoms with Gasteiger partial charge in [-0.2, -0.15) is 0 Å². The third-order valence-corrected chi connectivity index (χ3v) is 7.38. The Labute approximate surface area is 200 Å². The van der Waals surface area contributed by atoms with Gasteiger partial charge in [-0.05, 0) is 53.4 Å². The number of hydrogen-bond donors (Lipinski definition) is 2. The fourth-order valence-electron chi connectivity index (χ4n) is 4.02. The average Bonchev–Trinajstić information content (AvgIpc) is 3.61. The molecule has 7 nitrogen and oxygen atoms in total. The van der Waals surface area contributed by atoms with Crippen molar-refractivity contribution < 1.29 is 14.4 Å². The molecule has 172 valence electrons. The molecule has 3 amide bonds. The molecule has 3 heterocycles. The minimum absolute atomic E-state index is 0.124. The van der Waals surface area contributed by atoms with Gasteiger partial charge in [0.05, 0.1) is 18.0 Å². The molecule has 1 fully saturated rings. The number of amides is 3. The summed E-state index contributed by atoms with van der Waals surface area (Å²) in [4.78, 5) is 46.4. The minimum atomic E-state index is -0.818. The number of nitrogens with zero attached hydrogens (tertiary/aromatic N) is 2. The van der Waals surface area contributed by atoms with Crippen LogP contribution >= 0.6 is 22.7 Å². The molecule has 33 heavy (non-hydrogen) atoms. The molecule has 2 N–H and O–H groups in total. The molecule has 1 aliphatic carbocycles. The van der Waals surface area contributed by atoms with Crippen LogP contribution in [-0.4, -0.2) is 40.2 Å². The van der Waals surface area contributed by atoms with E-state index in [-0.39, 0.29) is 36.9 Å². The maximum absolute atomic E-state index is 13.5. The summed E-state index contributed by atoms with van der Waals surface area (Å²) in [6.07, 6.45) is 7.33. The van der Waals surface area contributed by atoms with Gasteiger partial charge in [-0.15, -0.1) is 22.7 Å². The van der Waals surface area contributed by atoms with Crippen molar-refractivity contribution in [3.8, 4) is 0 Å². The van der Waals surface area contributed by atoms with E-state index in [1.807, 2.05) is 22.9 Å². The van der Waals surface area contributed by atoms with E-state index >= 15 is 0 Å². The van der Waals surface area contributed by atoms with E-state index in [4.69, 9.17) is 0 Å². The molecule has 0 spiro atoms. The molecule has 4 rings (SSSR count). The summed E-state index contributed by atoms with van der Waals surface area (Å²) in [6.45, 7) is 0.0802. The van der Waals surface area contributed by atoms with Gasteiger partial charge in [0.15, 0.2) is 0 Å². The number of pyridine rings is 1. The van der Waals surface area contributed by atoms with Gasteiger partial charge in [0.2, 0.25) is 11.8 Å². The Morgan fingerprint density at radius 1 is 1.03 bits per heavy atom.